The summed E-state index contributed by atoms with van der Waals surface area (Å²) in [6.45, 7) is 0. The van der Waals surface area contributed by atoms with Gasteiger partial charge in [0.15, 0.2) is 12.2 Å². The number of carboxylic acid groups (broad SMARTS) is 3. The van der Waals surface area contributed by atoms with Crippen LogP contribution in [0.5, 0.6) is 0 Å². The Morgan fingerprint density at radius 2 is 1.20 bits per heavy atom. The molecule has 11 nitrogen and oxygen atoms in total. The van der Waals surface area contributed by atoms with Crippen molar-refractivity contribution in [2.75, 3.05) is 0 Å². The average Bonchev–Trinajstić information content (AvgIpc) is 2.34. The smallest absolute Gasteiger partial charge is 0.335 e. The van der Waals surface area contributed by atoms with Gasteiger partial charge in [0.1, 0.15) is 6.04 Å². The summed E-state index contributed by atoms with van der Waals surface area (Å²) >= 11 is 0. The van der Waals surface area contributed by atoms with Gasteiger partial charge < -0.3 is 37.0 Å². The predicted octanol–water partition coefficient (Wildman–Crippen LogP) is -3.46. The lowest BCUT2D eigenvalue weighted by Gasteiger charge is -2.07. The molecule has 0 spiro atoms. The number of hydrogen-bond acceptors (Lipinski definition) is 7. The molecule has 0 aliphatic heterocycles. The molecular formula is C9H16N2O9. The van der Waals surface area contributed by atoms with Gasteiger partial charge in [0.05, 0.1) is 0 Å². The standard InChI is InChI=1S/C5H10N2O3.C4H6O6/c6-3(5(9)10)1-2-4(7)8;5-1(3(7)8)2(6)4(9)10/h3H,1-2,6H2,(H2,7,8)(H,9,10);1-2,5-6H,(H,7,8)(H,9,10)/t3-;/m0./s1. The van der Waals surface area contributed by atoms with E-state index < -0.39 is 42.1 Å². The monoisotopic (exact) mass is 296 g/mol. The number of aliphatic carboxylic acids is 3. The molecule has 20 heavy (non-hydrogen) atoms. The summed E-state index contributed by atoms with van der Waals surface area (Å²) in [7, 11) is 0. The zero-order valence-electron chi connectivity index (χ0n) is 10.2. The molecule has 11 heteroatoms. The fourth-order valence-corrected chi connectivity index (χ4v) is 0.691. The zero-order valence-corrected chi connectivity index (χ0v) is 10.2. The Bertz CT molecular complexity index is 352. The van der Waals surface area contributed by atoms with E-state index >= 15 is 0 Å². The molecule has 0 heterocycles. The second-order valence-corrected chi connectivity index (χ2v) is 3.52. The molecule has 0 aromatic rings. The first-order chi connectivity index (χ1) is 9.00. The maximum Gasteiger partial charge on any atom is 0.335 e. The number of hydrogen-bond donors (Lipinski definition) is 7. The van der Waals surface area contributed by atoms with Crippen molar-refractivity contribution in [2.24, 2.45) is 11.5 Å². The molecule has 0 rings (SSSR count). The van der Waals surface area contributed by atoms with Gasteiger partial charge in [-0.3, -0.25) is 9.59 Å². The van der Waals surface area contributed by atoms with E-state index in [0.29, 0.717) is 0 Å². The number of rotatable bonds is 7. The van der Waals surface area contributed by atoms with Crippen LogP contribution in [0.2, 0.25) is 0 Å². The molecule has 0 aliphatic carbocycles. The van der Waals surface area contributed by atoms with Crippen molar-refractivity contribution < 1.29 is 44.7 Å². The molecule has 0 aromatic carbocycles. The summed E-state index contributed by atoms with van der Waals surface area (Å²) in [4.78, 5) is 39.7. The first kappa shape index (κ1) is 20.1. The van der Waals surface area contributed by atoms with Gasteiger partial charge >= 0.3 is 17.9 Å². The van der Waals surface area contributed by atoms with Gasteiger partial charge in [-0.05, 0) is 6.42 Å². The van der Waals surface area contributed by atoms with Crippen LogP contribution < -0.4 is 11.5 Å². The quantitative estimate of drug-likeness (QED) is 0.246. The second kappa shape index (κ2) is 9.66. The van der Waals surface area contributed by atoms with Crippen molar-refractivity contribution in [3.05, 3.63) is 0 Å². The molecule has 0 radical (unpaired) electrons. The van der Waals surface area contributed by atoms with Crippen molar-refractivity contribution in [1.82, 2.24) is 0 Å². The fourth-order valence-electron chi connectivity index (χ4n) is 0.691. The predicted molar refractivity (Wildman–Crippen MR) is 61.3 cm³/mol. The first-order valence-electron chi connectivity index (χ1n) is 5.09. The molecule has 1 amide bonds. The lowest BCUT2D eigenvalue weighted by atomic mass is 10.2. The number of nitrogens with two attached hydrogens (primary N) is 2. The molecule has 0 aromatic heterocycles. The minimum atomic E-state index is -2.27. The van der Waals surface area contributed by atoms with E-state index in [2.05, 4.69) is 0 Å². The summed E-state index contributed by atoms with van der Waals surface area (Å²) in [5, 5.41) is 40.7. The lowest BCUT2D eigenvalue weighted by molar-refractivity contribution is -0.165. The van der Waals surface area contributed by atoms with E-state index in [9.17, 15) is 19.2 Å². The molecule has 2 unspecified atom stereocenters. The molecule has 0 saturated carbocycles. The third-order valence-corrected chi connectivity index (χ3v) is 1.82. The number of carbonyl (C=O) groups is 4. The average molecular weight is 296 g/mol. The number of carboxylic acids is 3. The van der Waals surface area contributed by atoms with Gasteiger partial charge in [-0.2, -0.15) is 0 Å². The molecular weight excluding hydrogens is 280 g/mol. The first-order valence-corrected chi connectivity index (χ1v) is 5.09. The number of amides is 1. The highest BCUT2D eigenvalue weighted by Gasteiger charge is 2.29. The highest BCUT2D eigenvalue weighted by Crippen LogP contribution is 1.93. The van der Waals surface area contributed by atoms with E-state index in [4.69, 9.17) is 37.0 Å². The van der Waals surface area contributed by atoms with Crippen LogP contribution in [0.3, 0.4) is 0 Å². The Morgan fingerprint density at radius 1 is 0.850 bits per heavy atom. The number of carbonyl (C=O) groups excluding carboxylic acids is 1. The number of aliphatic hydroxyl groups is 2. The molecule has 0 saturated heterocycles. The van der Waals surface area contributed by atoms with Crippen LogP contribution in [0.25, 0.3) is 0 Å². The molecule has 3 atom stereocenters. The Kier molecular flexibility index (Phi) is 9.70. The summed E-state index contributed by atoms with van der Waals surface area (Å²) in [6, 6.07) is -0.979. The van der Waals surface area contributed by atoms with Gasteiger partial charge in [-0.1, -0.05) is 0 Å². The normalized spacial score (nSPS) is 14.2. The fraction of sp³-hybridized carbons (Fsp3) is 0.556. The van der Waals surface area contributed by atoms with Gasteiger partial charge in [0, 0.05) is 6.42 Å². The van der Waals surface area contributed by atoms with E-state index in [1.54, 1.807) is 0 Å². The summed E-state index contributed by atoms with van der Waals surface area (Å²) in [5.74, 6) is -5.18. The minimum Gasteiger partial charge on any atom is -0.480 e. The molecule has 9 N–H and O–H groups in total. The highest BCUT2D eigenvalue weighted by atomic mass is 16.4. The van der Waals surface area contributed by atoms with Crippen molar-refractivity contribution >= 4 is 23.8 Å². The molecule has 0 bridgehead atoms. The Hall–Kier alpha value is -2.24. The Labute approximate surface area is 112 Å². The maximum absolute atomic E-state index is 10.1. The second-order valence-electron chi connectivity index (χ2n) is 3.52. The lowest BCUT2D eigenvalue weighted by Crippen LogP contribution is -2.39. The van der Waals surface area contributed by atoms with Crippen molar-refractivity contribution in [3.63, 3.8) is 0 Å². The summed E-state index contributed by atoms with van der Waals surface area (Å²) in [5.41, 5.74) is 9.81. The van der Waals surface area contributed by atoms with Gasteiger partial charge in [0.2, 0.25) is 5.91 Å². The SMILES string of the molecule is NC(=O)CC[C@H](N)C(=O)O.O=C(O)C(O)C(O)C(=O)O. The molecule has 0 aliphatic rings. The van der Waals surface area contributed by atoms with Crippen molar-refractivity contribution in [1.29, 1.82) is 0 Å². The van der Waals surface area contributed by atoms with Crippen LogP contribution in [0, 0.1) is 0 Å². The number of aliphatic hydroxyl groups excluding tert-OH is 2. The third kappa shape index (κ3) is 9.76. The largest absolute Gasteiger partial charge is 0.480 e. The van der Waals surface area contributed by atoms with Gasteiger partial charge in [-0.15, -0.1) is 0 Å². The van der Waals surface area contributed by atoms with Crippen LogP contribution in [0.1, 0.15) is 12.8 Å². The van der Waals surface area contributed by atoms with E-state index in [1.165, 1.54) is 0 Å². The van der Waals surface area contributed by atoms with E-state index in [1.807, 2.05) is 0 Å². The van der Waals surface area contributed by atoms with Crippen LogP contribution in [0.15, 0.2) is 0 Å². The zero-order chi connectivity index (χ0) is 16.5. The number of primary amides is 1. The van der Waals surface area contributed by atoms with Gasteiger partial charge in [-0.25, -0.2) is 9.59 Å². The Morgan fingerprint density at radius 3 is 1.40 bits per heavy atom. The highest BCUT2D eigenvalue weighted by molar-refractivity contribution is 5.83. The van der Waals surface area contributed by atoms with Gasteiger partial charge in [0.25, 0.3) is 0 Å². The van der Waals surface area contributed by atoms with Crippen LogP contribution >= 0.6 is 0 Å². The van der Waals surface area contributed by atoms with Crippen molar-refractivity contribution in [2.45, 2.75) is 31.1 Å². The Balaban J connectivity index is 0. The van der Waals surface area contributed by atoms with Crippen LogP contribution in [-0.2, 0) is 19.2 Å². The van der Waals surface area contributed by atoms with E-state index in [0.717, 1.165) is 0 Å². The third-order valence-electron chi connectivity index (χ3n) is 1.82. The van der Waals surface area contributed by atoms with E-state index in [-0.39, 0.29) is 12.8 Å². The van der Waals surface area contributed by atoms with Crippen molar-refractivity contribution in [3.8, 4) is 0 Å². The summed E-state index contributed by atoms with van der Waals surface area (Å²) < 4.78 is 0. The summed E-state index contributed by atoms with van der Waals surface area (Å²) in [6.07, 6.45) is -4.41. The van der Waals surface area contributed by atoms with Crippen LogP contribution in [0.4, 0.5) is 0 Å². The van der Waals surface area contributed by atoms with Crippen LogP contribution in [-0.4, -0.2) is 67.6 Å². The molecule has 116 valence electrons. The minimum absolute atomic E-state index is 0.0213. The molecule has 0 fully saturated rings. The maximum atomic E-state index is 10.1. The topological polar surface area (TPSA) is 221 Å².